The van der Waals surface area contributed by atoms with Crippen molar-refractivity contribution in [1.29, 1.82) is 0 Å². The molecule has 0 amide bonds. The fourth-order valence-electron chi connectivity index (χ4n) is 2.89. The second kappa shape index (κ2) is 4.18. The van der Waals surface area contributed by atoms with Gasteiger partial charge in [0, 0.05) is 22.8 Å². The first-order chi connectivity index (χ1) is 10.5. The topological polar surface area (TPSA) is 74.6 Å². The van der Waals surface area contributed by atoms with Crippen LogP contribution in [-0.2, 0) is 4.79 Å². The lowest BCUT2D eigenvalue weighted by atomic mass is 9.88. The van der Waals surface area contributed by atoms with E-state index < -0.39 is 0 Å². The Hall–Kier alpha value is -3.14. The zero-order valence-corrected chi connectivity index (χ0v) is 11.3. The Bertz CT molecular complexity index is 1030. The lowest BCUT2D eigenvalue weighted by Crippen LogP contribution is -2.28. The Morgan fingerprint density at radius 1 is 0.727 bits per heavy atom. The third-order valence-electron chi connectivity index (χ3n) is 3.91. The maximum absolute atomic E-state index is 12.6. The minimum atomic E-state index is -0.303. The first-order valence-electron chi connectivity index (χ1n) is 6.73. The monoisotopic (exact) mass is 290 g/mol. The van der Waals surface area contributed by atoms with Crippen molar-refractivity contribution in [2.24, 2.45) is 0 Å². The van der Waals surface area contributed by atoms with Gasteiger partial charge in [0.05, 0.1) is 0 Å². The van der Waals surface area contributed by atoms with Gasteiger partial charge in [0.2, 0.25) is 0 Å². The zero-order chi connectivity index (χ0) is 15.4. The molecule has 22 heavy (non-hydrogen) atoms. The summed E-state index contributed by atoms with van der Waals surface area (Å²) in [7, 11) is 0. The number of phenolic OH excluding ortho intramolecular Hbond substituents is 1. The van der Waals surface area contributed by atoms with Crippen molar-refractivity contribution in [3.63, 3.8) is 0 Å². The van der Waals surface area contributed by atoms with Crippen LogP contribution in [0.3, 0.4) is 0 Å². The molecule has 0 aliphatic heterocycles. The van der Waals surface area contributed by atoms with Crippen LogP contribution >= 0.6 is 0 Å². The van der Waals surface area contributed by atoms with E-state index in [4.69, 9.17) is 0 Å². The molecule has 0 unspecified atom stereocenters. The fourth-order valence-corrected chi connectivity index (χ4v) is 2.89. The van der Waals surface area contributed by atoms with Crippen molar-refractivity contribution in [2.75, 3.05) is 0 Å². The van der Waals surface area contributed by atoms with E-state index in [1.807, 2.05) is 0 Å². The lowest BCUT2D eigenvalue weighted by molar-refractivity contribution is -0.109. The van der Waals surface area contributed by atoms with E-state index in [9.17, 15) is 19.8 Å². The average molecular weight is 290 g/mol. The Morgan fingerprint density at radius 3 is 2.27 bits per heavy atom. The number of allylic oxidation sites excluding steroid dienone is 1. The van der Waals surface area contributed by atoms with Gasteiger partial charge in [-0.2, -0.15) is 0 Å². The number of ketones is 2. The number of fused-ring (bicyclic) bond motifs is 3. The molecular formula is C18H10O4. The van der Waals surface area contributed by atoms with E-state index in [0.29, 0.717) is 32.7 Å². The van der Waals surface area contributed by atoms with Crippen molar-refractivity contribution in [1.82, 2.24) is 0 Å². The molecule has 4 heteroatoms. The van der Waals surface area contributed by atoms with Gasteiger partial charge < -0.3 is 10.2 Å². The molecule has 4 nitrogen and oxygen atoms in total. The number of benzene rings is 2. The van der Waals surface area contributed by atoms with E-state index in [2.05, 4.69) is 0 Å². The summed E-state index contributed by atoms with van der Waals surface area (Å²) in [6.07, 6.45) is 4.34. The largest absolute Gasteiger partial charge is 0.508 e. The Balaban J connectivity index is 2.08. The number of aliphatic hydroxyl groups is 1. The highest BCUT2D eigenvalue weighted by Crippen LogP contribution is 2.23. The molecule has 0 atom stereocenters. The maximum atomic E-state index is 12.6. The molecule has 0 heterocycles. The standard InChI is InChI=1S/C18H10O4/c19-12-1-2-14-9(4-12)3-10-6-15-11(7-16(10)18(14)22)5-13(20)8-17(15)21/h1-8,19,21H. The normalized spacial score (nSPS) is 15.0. The third-order valence-corrected chi connectivity index (χ3v) is 3.91. The lowest BCUT2D eigenvalue weighted by Gasteiger charge is -2.15. The number of aliphatic hydroxyl groups excluding tert-OH is 1. The molecule has 0 spiro atoms. The Labute approximate surface area is 125 Å². The highest BCUT2D eigenvalue weighted by Gasteiger charge is 2.21. The van der Waals surface area contributed by atoms with Gasteiger partial charge in [-0.25, -0.2) is 0 Å². The molecule has 106 valence electrons. The van der Waals surface area contributed by atoms with Gasteiger partial charge in [-0.1, -0.05) is 0 Å². The summed E-state index contributed by atoms with van der Waals surface area (Å²) >= 11 is 0. The summed E-state index contributed by atoms with van der Waals surface area (Å²) in [5.41, 5.74) is 2.14. The molecule has 2 aromatic rings. The minimum absolute atomic E-state index is 0.0888. The van der Waals surface area contributed by atoms with Crippen molar-refractivity contribution < 1.29 is 19.8 Å². The molecule has 0 bridgehead atoms. The van der Waals surface area contributed by atoms with Crippen LogP contribution in [0.4, 0.5) is 0 Å². The van der Waals surface area contributed by atoms with Crippen molar-refractivity contribution >= 4 is 29.5 Å². The van der Waals surface area contributed by atoms with Crippen LogP contribution in [0, 0.1) is 0 Å². The fraction of sp³-hybridized carbons (Fsp3) is 0. The second-order valence-corrected chi connectivity index (χ2v) is 5.35. The van der Waals surface area contributed by atoms with E-state index in [1.165, 1.54) is 18.2 Å². The van der Waals surface area contributed by atoms with Gasteiger partial charge in [-0.3, -0.25) is 9.59 Å². The van der Waals surface area contributed by atoms with Crippen molar-refractivity contribution in [2.45, 2.75) is 0 Å². The molecule has 0 saturated carbocycles. The first kappa shape index (κ1) is 12.6. The second-order valence-electron chi connectivity index (χ2n) is 5.35. The number of rotatable bonds is 0. The molecular weight excluding hydrogens is 280 g/mol. The number of aromatic hydroxyl groups is 1. The van der Waals surface area contributed by atoms with Gasteiger partial charge in [-0.05, 0) is 58.5 Å². The summed E-state index contributed by atoms with van der Waals surface area (Å²) in [6.45, 7) is 0. The number of hydrogen-bond acceptors (Lipinski definition) is 4. The van der Waals surface area contributed by atoms with Crippen LogP contribution in [0.5, 0.6) is 5.75 Å². The minimum Gasteiger partial charge on any atom is -0.508 e. The smallest absolute Gasteiger partial charge is 0.194 e. The van der Waals surface area contributed by atoms with Gasteiger partial charge in [0.15, 0.2) is 11.6 Å². The summed E-state index contributed by atoms with van der Waals surface area (Å²) in [4.78, 5) is 24.1. The highest BCUT2D eigenvalue weighted by molar-refractivity contribution is 6.18. The third kappa shape index (κ3) is 1.71. The molecule has 2 aliphatic rings. The van der Waals surface area contributed by atoms with Gasteiger partial charge >= 0.3 is 0 Å². The average Bonchev–Trinajstić information content (AvgIpc) is 2.46. The molecule has 0 aromatic heterocycles. The first-order valence-corrected chi connectivity index (χ1v) is 6.73. The van der Waals surface area contributed by atoms with Crippen LogP contribution in [-0.4, -0.2) is 21.8 Å². The summed E-state index contributed by atoms with van der Waals surface area (Å²) in [5.74, 6) is -0.480. The van der Waals surface area contributed by atoms with Crippen molar-refractivity contribution in [3.8, 4) is 5.75 Å². The van der Waals surface area contributed by atoms with Crippen LogP contribution < -0.4 is 10.4 Å². The zero-order valence-electron chi connectivity index (χ0n) is 11.3. The van der Waals surface area contributed by atoms with Crippen molar-refractivity contribution in [3.05, 3.63) is 69.1 Å². The summed E-state index contributed by atoms with van der Waals surface area (Å²) < 4.78 is 0. The number of carbonyl (C=O) groups excluding carboxylic acids is 2. The maximum Gasteiger partial charge on any atom is 0.194 e. The van der Waals surface area contributed by atoms with Crippen LogP contribution in [0.25, 0.3) is 17.9 Å². The highest BCUT2D eigenvalue weighted by atomic mass is 16.3. The SMILES string of the molecule is O=C1C=C(O)c2cc3c(cc2=C1)C(=O)c1ccc(O)cc1C=3. The molecule has 0 fully saturated rings. The molecule has 0 saturated heterocycles. The van der Waals surface area contributed by atoms with E-state index in [1.54, 1.807) is 24.3 Å². The molecule has 4 rings (SSSR count). The summed E-state index contributed by atoms with van der Waals surface area (Å²) in [6, 6.07) is 7.89. The molecule has 2 N–H and O–H groups in total. The number of hydrogen-bond donors (Lipinski definition) is 2. The van der Waals surface area contributed by atoms with Gasteiger partial charge in [0.25, 0.3) is 0 Å². The number of carbonyl (C=O) groups is 2. The quantitative estimate of drug-likeness (QED) is 0.648. The number of phenols is 1. The van der Waals surface area contributed by atoms with Crippen LogP contribution in [0.15, 0.2) is 36.4 Å². The van der Waals surface area contributed by atoms with E-state index >= 15 is 0 Å². The predicted molar refractivity (Wildman–Crippen MR) is 80.9 cm³/mol. The summed E-state index contributed by atoms with van der Waals surface area (Å²) in [5, 5.41) is 20.7. The van der Waals surface area contributed by atoms with E-state index in [0.717, 1.165) is 6.08 Å². The predicted octanol–water partition coefficient (Wildman–Crippen LogP) is 1.03. The van der Waals surface area contributed by atoms with Crippen LogP contribution in [0.2, 0.25) is 0 Å². The molecule has 0 radical (unpaired) electrons. The van der Waals surface area contributed by atoms with E-state index in [-0.39, 0.29) is 23.1 Å². The Kier molecular flexibility index (Phi) is 2.39. The molecule has 2 aromatic carbocycles. The molecule has 2 aliphatic carbocycles. The Morgan fingerprint density at radius 2 is 1.45 bits per heavy atom. The van der Waals surface area contributed by atoms with Gasteiger partial charge in [-0.15, -0.1) is 0 Å². The van der Waals surface area contributed by atoms with Crippen LogP contribution in [0.1, 0.15) is 27.0 Å². The van der Waals surface area contributed by atoms with Gasteiger partial charge in [0.1, 0.15) is 11.5 Å².